The van der Waals surface area contributed by atoms with E-state index in [1.165, 1.54) is 11.3 Å². The molecule has 0 spiro atoms. The lowest BCUT2D eigenvalue weighted by molar-refractivity contribution is 0.531. The number of thiophene rings is 1. The summed E-state index contributed by atoms with van der Waals surface area (Å²) in [7, 11) is -3.35. The van der Waals surface area contributed by atoms with Gasteiger partial charge in [0, 0.05) is 10.5 Å². The SMILES string of the molecule is CCC(CC)NS(=O)(=O)c1sccc1Br. The van der Waals surface area contributed by atoms with Gasteiger partial charge in [0.25, 0.3) is 10.0 Å². The van der Waals surface area contributed by atoms with Gasteiger partial charge in [-0.3, -0.25) is 0 Å². The summed E-state index contributed by atoms with van der Waals surface area (Å²) >= 11 is 4.45. The average molecular weight is 312 g/mol. The third-order valence-corrected chi connectivity index (χ3v) is 6.33. The Morgan fingerprint density at radius 3 is 2.47 bits per heavy atom. The minimum absolute atomic E-state index is 0.0176. The zero-order valence-corrected chi connectivity index (χ0v) is 11.9. The van der Waals surface area contributed by atoms with Crippen molar-refractivity contribution in [2.45, 2.75) is 36.9 Å². The van der Waals surface area contributed by atoms with Crippen molar-refractivity contribution in [1.82, 2.24) is 4.72 Å². The van der Waals surface area contributed by atoms with Gasteiger partial charge in [0.1, 0.15) is 4.21 Å². The third-order valence-electron chi connectivity index (χ3n) is 2.14. The van der Waals surface area contributed by atoms with Crippen molar-refractivity contribution in [3.8, 4) is 0 Å². The molecule has 1 rings (SSSR count). The first-order valence-corrected chi connectivity index (χ1v) is 7.92. The van der Waals surface area contributed by atoms with Crippen LogP contribution in [0.15, 0.2) is 20.1 Å². The van der Waals surface area contributed by atoms with Gasteiger partial charge in [0.2, 0.25) is 0 Å². The highest BCUT2D eigenvalue weighted by Crippen LogP contribution is 2.27. The number of sulfonamides is 1. The van der Waals surface area contributed by atoms with E-state index in [0.717, 1.165) is 12.8 Å². The maximum absolute atomic E-state index is 11.9. The molecular weight excluding hydrogens is 298 g/mol. The fraction of sp³-hybridized carbons (Fsp3) is 0.556. The number of hydrogen-bond donors (Lipinski definition) is 1. The quantitative estimate of drug-likeness (QED) is 0.908. The zero-order chi connectivity index (χ0) is 11.5. The van der Waals surface area contributed by atoms with Crippen molar-refractivity contribution < 1.29 is 8.42 Å². The Bertz CT molecular complexity index is 410. The molecule has 0 amide bonds. The lowest BCUT2D eigenvalue weighted by Gasteiger charge is -2.14. The second kappa shape index (κ2) is 5.43. The first-order valence-electron chi connectivity index (χ1n) is 4.76. The van der Waals surface area contributed by atoms with Gasteiger partial charge in [-0.05, 0) is 40.2 Å². The van der Waals surface area contributed by atoms with E-state index < -0.39 is 10.0 Å². The van der Waals surface area contributed by atoms with Gasteiger partial charge >= 0.3 is 0 Å². The van der Waals surface area contributed by atoms with E-state index in [9.17, 15) is 8.42 Å². The Kier molecular flexibility index (Phi) is 4.76. The Balaban J connectivity index is 2.90. The summed E-state index contributed by atoms with van der Waals surface area (Å²) in [6, 6.07) is 1.76. The Hall–Kier alpha value is 0.0900. The molecule has 1 aromatic rings. The number of hydrogen-bond acceptors (Lipinski definition) is 3. The van der Waals surface area contributed by atoms with Crippen molar-refractivity contribution in [2.24, 2.45) is 0 Å². The zero-order valence-electron chi connectivity index (χ0n) is 8.66. The molecule has 0 fully saturated rings. The van der Waals surface area contributed by atoms with Crippen LogP contribution in [0.5, 0.6) is 0 Å². The molecule has 0 saturated heterocycles. The summed E-state index contributed by atoms with van der Waals surface area (Å²) in [4.78, 5) is 0. The molecule has 6 heteroatoms. The number of rotatable bonds is 5. The highest BCUT2D eigenvalue weighted by Gasteiger charge is 2.21. The van der Waals surface area contributed by atoms with Crippen molar-refractivity contribution in [1.29, 1.82) is 0 Å². The van der Waals surface area contributed by atoms with Crippen LogP contribution in [-0.2, 0) is 10.0 Å². The topological polar surface area (TPSA) is 46.2 Å². The van der Waals surface area contributed by atoms with Crippen LogP contribution in [0, 0.1) is 0 Å². The van der Waals surface area contributed by atoms with Gasteiger partial charge in [-0.15, -0.1) is 11.3 Å². The Morgan fingerprint density at radius 2 is 2.07 bits per heavy atom. The van der Waals surface area contributed by atoms with Gasteiger partial charge in [-0.2, -0.15) is 0 Å². The molecule has 1 N–H and O–H groups in total. The molecule has 0 aromatic carbocycles. The molecule has 0 unspecified atom stereocenters. The Morgan fingerprint density at radius 1 is 1.47 bits per heavy atom. The standard InChI is InChI=1S/C9H14BrNO2S2/c1-3-7(4-2)11-15(12,13)9-8(10)5-6-14-9/h5-7,11H,3-4H2,1-2H3. The maximum atomic E-state index is 11.9. The van der Waals surface area contributed by atoms with Gasteiger partial charge in [0.05, 0.1) is 0 Å². The van der Waals surface area contributed by atoms with Crippen molar-refractivity contribution in [3.05, 3.63) is 15.9 Å². The minimum Gasteiger partial charge on any atom is -0.207 e. The molecule has 1 aromatic heterocycles. The fourth-order valence-corrected chi connectivity index (χ4v) is 4.96. The Labute approximate surface area is 103 Å². The molecule has 1 heterocycles. The van der Waals surface area contributed by atoms with E-state index in [2.05, 4.69) is 20.7 Å². The maximum Gasteiger partial charge on any atom is 0.251 e. The van der Waals surface area contributed by atoms with E-state index in [1.807, 2.05) is 13.8 Å². The van der Waals surface area contributed by atoms with Gasteiger partial charge in [0.15, 0.2) is 0 Å². The van der Waals surface area contributed by atoms with Crippen LogP contribution in [0.2, 0.25) is 0 Å². The van der Waals surface area contributed by atoms with Crippen LogP contribution in [0.1, 0.15) is 26.7 Å². The molecular formula is C9H14BrNO2S2. The lowest BCUT2D eigenvalue weighted by Crippen LogP contribution is -2.33. The van der Waals surface area contributed by atoms with Crippen molar-refractivity contribution in [3.63, 3.8) is 0 Å². The number of nitrogens with one attached hydrogen (secondary N) is 1. The van der Waals surface area contributed by atoms with Crippen LogP contribution >= 0.6 is 27.3 Å². The third kappa shape index (κ3) is 3.27. The first-order chi connectivity index (χ1) is 7.01. The van der Waals surface area contributed by atoms with E-state index in [0.29, 0.717) is 8.68 Å². The van der Waals surface area contributed by atoms with Crippen LogP contribution in [0.4, 0.5) is 0 Å². The molecule has 0 aliphatic carbocycles. The summed E-state index contributed by atoms with van der Waals surface area (Å²) < 4.78 is 27.5. The van der Waals surface area contributed by atoms with Gasteiger partial charge < -0.3 is 0 Å². The summed E-state index contributed by atoms with van der Waals surface area (Å²) in [5.74, 6) is 0. The first kappa shape index (κ1) is 13.2. The smallest absolute Gasteiger partial charge is 0.207 e. The molecule has 0 aliphatic heterocycles. The monoisotopic (exact) mass is 311 g/mol. The van der Waals surface area contributed by atoms with E-state index >= 15 is 0 Å². The second-order valence-electron chi connectivity index (χ2n) is 3.19. The second-order valence-corrected chi connectivity index (χ2v) is 6.87. The molecule has 0 bridgehead atoms. The average Bonchev–Trinajstić information content (AvgIpc) is 2.61. The molecule has 0 aliphatic rings. The predicted molar refractivity (Wildman–Crippen MR) is 66.7 cm³/mol. The van der Waals surface area contributed by atoms with Crippen LogP contribution in [-0.4, -0.2) is 14.5 Å². The predicted octanol–water partition coefficient (Wildman–Crippen LogP) is 2.98. The van der Waals surface area contributed by atoms with Gasteiger partial charge in [-0.25, -0.2) is 13.1 Å². The van der Waals surface area contributed by atoms with Crippen LogP contribution in [0.3, 0.4) is 0 Å². The largest absolute Gasteiger partial charge is 0.251 e. The summed E-state index contributed by atoms with van der Waals surface area (Å²) in [5.41, 5.74) is 0. The highest BCUT2D eigenvalue weighted by molar-refractivity contribution is 9.10. The summed E-state index contributed by atoms with van der Waals surface area (Å²) in [6.07, 6.45) is 1.61. The molecule has 3 nitrogen and oxygen atoms in total. The number of halogens is 1. The molecule has 0 atom stereocenters. The molecule has 0 radical (unpaired) electrons. The van der Waals surface area contributed by atoms with E-state index in [4.69, 9.17) is 0 Å². The van der Waals surface area contributed by atoms with Crippen LogP contribution in [0.25, 0.3) is 0 Å². The molecule has 15 heavy (non-hydrogen) atoms. The highest BCUT2D eigenvalue weighted by atomic mass is 79.9. The van der Waals surface area contributed by atoms with Crippen molar-refractivity contribution in [2.75, 3.05) is 0 Å². The normalized spacial score (nSPS) is 12.3. The molecule has 0 saturated carbocycles. The minimum atomic E-state index is -3.35. The van der Waals surface area contributed by atoms with E-state index in [1.54, 1.807) is 11.4 Å². The fourth-order valence-electron chi connectivity index (χ4n) is 1.20. The summed E-state index contributed by atoms with van der Waals surface area (Å²) in [6.45, 7) is 3.94. The lowest BCUT2D eigenvalue weighted by atomic mass is 10.2. The van der Waals surface area contributed by atoms with E-state index in [-0.39, 0.29) is 6.04 Å². The van der Waals surface area contributed by atoms with Crippen LogP contribution < -0.4 is 4.72 Å². The summed E-state index contributed by atoms with van der Waals surface area (Å²) in [5, 5.41) is 1.76. The molecule has 86 valence electrons. The van der Waals surface area contributed by atoms with Gasteiger partial charge in [-0.1, -0.05) is 13.8 Å². The van der Waals surface area contributed by atoms with Crippen molar-refractivity contribution >= 4 is 37.3 Å².